The highest BCUT2D eigenvalue weighted by Crippen LogP contribution is 2.34. The first-order chi connectivity index (χ1) is 9.42. The highest BCUT2D eigenvalue weighted by atomic mass is 16.5. The topological polar surface area (TPSA) is 12.5 Å². The van der Waals surface area contributed by atoms with E-state index in [0.29, 0.717) is 0 Å². The molecule has 0 unspecified atom stereocenters. The summed E-state index contributed by atoms with van der Waals surface area (Å²) in [5, 5.41) is 0. The molecule has 1 saturated carbocycles. The lowest BCUT2D eigenvalue weighted by Gasteiger charge is -2.15. The smallest absolute Gasteiger partial charge is 0.119 e. The fraction of sp³-hybridized carbons (Fsp3) is 0.647. The molecule has 1 saturated heterocycles. The Hall–Kier alpha value is -1.02. The number of rotatable bonds is 5. The molecule has 0 aromatic heterocycles. The Labute approximate surface area is 116 Å². The molecule has 0 atom stereocenters. The van der Waals surface area contributed by atoms with Crippen molar-refractivity contribution in [1.29, 1.82) is 0 Å². The Morgan fingerprint density at radius 3 is 2.32 bits per heavy atom. The molecule has 2 heteroatoms. The lowest BCUT2D eigenvalue weighted by atomic mass is 9.98. The van der Waals surface area contributed by atoms with Gasteiger partial charge in [-0.05, 0) is 62.4 Å². The maximum atomic E-state index is 5.84. The predicted octanol–water partition coefficient (Wildman–Crippen LogP) is 3.82. The van der Waals surface area contributed by atoms with E-state index in [1.165, 1.54) is 57.2 Å². The van der Waals surface area contributed by atoms with E-state index in [0.717, 1.165) is 24.8 Å². The monoisotopic (exact) mass is 259 g/mol. The molecule has 0 bridgehead atoms. The summed E-state index contributed by atoms with van der Waals surface area (Å²) in [4.78, 5) is 2.49. The Morgan fingerprint density at radius 1 is 0.947 bits per heavy atom. The zero-order valence-electron chi connectivity index (χ0n) is 11.8. The molecule has 3 rings (SSSR count). The van der Waals surface area contributed by atoms with Gasteiger partial charge in [-0.15, -0.1) is 0 Å². The molecule has 2 fully saturated rings. The average molecular weight is 259 g/mol. The van der Waals surface area contributed by atoms with Gasteiger partial charge in [0.1, 0.15) is 12.4 Å². The van der Waals surface area contributed by atoms with E-state index in [-0.39, 0.29) is 0 Å². The summed E-state index contributed by atoms with van der Waals surface area (Å²) in [7, 11) is 0. The van der Waals surface area contributed by atoms with Crippen molar-refractivity contribution in [1.82, 2.24) is 4.90 Å². The quantitative estimate of drug-likeness (QED) is 0.797. The highest BCUT2D eigenvalue weighted by molar-refractivity contribution is 5.29. The van der Waals surface area contributed by atoms with Crippen molar-refractivity contribution in [2.24, 2.45) is 0 Å². The molecule has 0 spiro atoms. The van der Waals surface area contributed by atoms with Gasteiger partial charge < -0.3 is 4.74 Å². The second kappa shape index (κ2) is 6.42. The summed E-state index contributed by atoms with van der Waals surface area (Å²) >= 11 is 0. The minimum absolute atomic E-state index is 0.804. The number of hydrogen-bond acceptors (Lipinski definition) is 2. The van der Waals surface area contributed by atoms with Gasteiger partial charge in [0.05, 0.1) is 0 Å². The van der Waals surface area contributed by atoms with Crippen LogP contribution in [-0.2, 0) is 0 Å². The third-order valence-electron chi connectivity index (χ3n) is 4.58. The van der Waals surface area contributed by atoms with Crippen LogP contribution in [0.4, 0.5) is 0 Å². The second-order valence-corrected chi connectivity index (χ2v) is 5.95. The first-order valence-electron chi connectivity index (χ1n) is 7.87. The summed E-state index contributed by atoms with van der Waals surface area (Å²) in [6.45, 7) is 4.40. The van der Waals surface area contributed by atoms with Gasteiger partial charge in [-0.25, -0.2) is 0 Å². The molecule has 1 heterocycles. The number of likely N-dealkylation sites (tertiary alicyclic amines) is 1. The lowest BCUT2D eigenvalue weighted by Crippen LogP contribution is -2.25. The van der Waals surface area contributed by atoms with Crippen molar-refractivity contribution in [3.63, 3.8) is 0 Å². The SMILES string of the molecule is c1cc(C2CCCC2)ccc1OCCN1CCCC1. The summed E-state index contributed by atoms with van der Waals surface area (Å²) < 4.78 is 5.84. The van der Waals surface area contributed by atoms with E-state index in [1.54, 1.807) is 0 Å². The molecular weight excluding hydrogens is 234 g/mol. The summed E-state index contributed by atoms with van der Waals surface area (Å²) in [6, 6.07) is 8.83. The van der Waals surface area contributed by atoms with E-state index in [9.17, 15) is 0 Å². The first kappa shape index (κ1) is 13.0. The third-order valence-corrected chi connectivity index (χ3v) is 4.58. The first-order valence-corrected chi connectivity index (χ1v) is 7.87. The van der Waals surface area contributed by atoms with Gasteiger partial charge in [-0.2, -0.15) is 0 Å². The molecule has 0 radical (unpaired) electrons. The van der Waals surface area contributed by atoms with Crippen LogP contribution in [0.3, 0.4) is 0 Å². The maximum Gasteiger partial charge on any atom is 0.119 e. The van der Waals surface area contributed by atoms with Crippen LogP contribution in [0.15, 0.2) is 24.3 Å². The Morgan fingerprint density at radius 2 is 1.63 bits per heavy atom. The second-order valence-electron chi connectivity index (χ2n) is 5.95. The van der Waals surface area contributed by atoms with Crippen molar-refractivity contribution in [2.45, 2.75) is 44.4 Å². The van der Waals surface area contributed by atoms with E-state index >= 15 is 0 Å². The number of nitrogens with zero attached hydrogens (tertiary/aromatic N) is 1. The zero-order valence-corrected chi connectivity index (χ0v) is 11.8. The molecule has 2 aliphatic rings. The van der Waals surface area contributed by atoms with Gasteiger partial charge >= 0.3 is 0 Å². The minimum Gasteiger partial charge on any atom is -0.492 e. The van der Waals surface area contributed by atoms with E-state index in [2.05, 4.69) is 29.2 Å². The van der Waals surface area contributed by atoms with Gasteiger partial charge in [0.2, 0.25) is 0 Å². The van der Waals surface area contributed by atoms with Gasteiger partial charge in [-0.1, -0.05) is 25.0 Å². The van der Waals surface area contributed by atoms with Gasteiger partial charge in [0.15, 0.2) is 0 Å². The Balaban J connectivity index is 1.45. The molecule has 0 amide bonds. The van der Waals surface area contributed by atoms with Crippen LogP contribution in [0.25, 0.3) is 0 Å². The van der Waals surface area contributed by atoms with Crippen LogP contribution in [0.2, 0.25) is 0 Å². The lowest BCUT2D eigenvalue weighted by molar-refractivity contribution is 0.237. The largest absolute Gasteiger partial charge is 0.492 e. The van der Waals surface area contributed by atoms with Crippen LogP contribution in [0.5, 0.6) is 5.75 Å². The Bertz CT molecular complexity index is 375. The standard InChI is InChI=1S/C17H25NO/c1-2-6-15(5-1)16-7-9-17(10-8-16)19-14-13-18-11-3-4-12-18/h7-10,15H,1-6,11-14H2. The zero-order chi connectivity index (χ0) is 12.9. The summed E-state index contributed by atoms with van der Waals surface area (Å²) in [5.41, 5.74) is 1.50. The third kappa shape index (κ3) is 3.50. The molecule has 1 aliphatic carbocycles. The molecule has 2 nitrogen and oxygen atoms in total. The maximum absolute atomic E-state index is 5.84. The molecule has 0 N–H and O–H groups in total. The molecule has 1 aromatic rings. The molecule has 1 aromatic carbocycles. The van der Waals surface area contributed by atoms with Crippen LogP contribution in [-0.4, -0.2) is 31.1 Å². The summed E-state index contributed by atoms with van der Waals surface area (Å²) in [6.07, 6.45) is 8.26. The fourth-order valence-corrected chi connectivity index (χ4v) is 3.39. The number of ether oxygens (including phenoxy) is 1. The Kier molecular flexibility index (Phi) is 4.39. The van der Waals surface area contributed by atoms with Gasteiger partial charge in [0.25, 0.3) is 0 Å². The molecular formula is C17H25NO. The van der Waals surface area contributed by atoms with E-state index in [1.807, 2.05) is 0 Å². The van der Waals surface area contributed by atoms with Crippen molar-refractivity contribution >= 4 is 0 Å². The van der Waals surface area contributed by atoms with Crippen LogP contribution < -0.4 is 4.74 Å². The minimum atomic E-state index is 0.804. The predicted molar refractivity (Wildman–Crippen MR) is 78.8 cm³/mol. The summed E-state index contributed by atoms with van der Waals surface area (Å²) in [5.74, 6) is 1.83. The van der Waals surface area contributed by atoms with E-state index in [4.69, 9.17) is 4.74 Å². The average Bonchev–Trinajstić information content (AvgIpc) is 3.13. The number of hydrogen-bond donors (Lipinski definition) is 0. The normalized spacial score (nSPS) is 21.1. The fourth-order valence-electron chi connectivity index (χ4n) is 3.39. The van der Waals surface area contributed by atoms with Crippen molar-refractivity contribution in [3.05, 3.63) is 29.8 Å². The van der Waals surface area contributed by atoms with Crippen LogP contribution >= 0.6 is 0 Å². The van der Waals surface area contributed by atoms with Crippen molar-refractivity contribution in [3.8, 4) is 5.75 Å². The molecule has 1 aliphatic heterocycles. The molecule has 104 valence electrons. The van der Waals surface area contributed by atoms with Gasteiger partial charge in [0, 0.05) is 6.54 Å². The van der Waals surface area contributed by atoms with Crippen LogP contribution in [0.1, 0.15) is 50.0 Å². The highest BCUT2D eigenvalue weighted by Gasteiger charge is 2.16. The van der Waals surface area contributed by atoms with E-state index < -0.39 is 0 Å². The van der Waals surface area contributed by atoms with Gasteiger partial charge in [-0.3, -0.25) is 4.90 Å². The van der Waals surface area contributed by atoms with Crippen molar-refractivity contribution < 1.29 is 4.74 Å². The van der Waals surface area contributed by atoms with Crippen LogP contribution in [0, 0.1) is 0 Å². The van der Waals surface area contributed by atoms with Crippen molar-refractivity contribution in [2.75, 3.05) is 26.2 Å². The molecule has 19 heavy (non-hydrogen) atoms. The number of benzene rings is 1.